The van der Waals surface area contributed by atoms with Gasteiger partial charge in [-0.05, 0) is 91.7 Å². The third-order valence-corrected chi connectivity index (χ3v) is 7.24. The molecule has 12 heteroatoms. The number of aliphatic hydroxyl groups excluding tert-OH is 1. The standard InChI is InChI=1S/C29H42N6O6/c30-10-1-3-21(9-12-36)33-29(41)24-16-20-14-18(6-8-26(20)38)17-5-7-25(37)19(13-17)15-22(32)27(39)34-23(4-2-11-31)28(40)35-24/h5-8,13-14,21-24,36-38H,1-4,9-12,15-16,30-32H2,(H,33,41)(H,34,39)(H,35,40)/t21?,22-,23-,24-/m0/s1. The highest BCUT2D eigenvalue weighted by Gasteiger charge is 2.30. The molecule has 0 saturated heterocycles. The number of rotatable bonds is 10. The van der Waals surface area contributed by atoms with Crippen LogP contribution in [0.25, 0.3) is 11.1 Å². The quantitative estimate of drug-likeness (QED) is 0.179. The van der Waals surface area contributed by atoms with Gasteiger partial charge in [0.2, 0.25) is 17.7 Å². The van der Waals surface area contributed by atoms with Gasteiger partial charge in [0, 0.05) is 25.5 Å². The van der Waals surface area contributed by atoms with Gasteiger partial charge in [-0.25, -0.2) is 0 Å². The van der Waals surface area contributed by atoms with Crippen molar-refractivity contribution in [3.8, 4) is 22.6 Å². The lowest BCUT2D eigenvalue weighted by Gasteiger charge is -2.26. The predicted octanol–water partition coefficient (Wildman–Crippen LogP) is -0.495. The third-order valence-electron chi connectivity index (χ3n) is 7.24. The normalized spacial score (nSPS) is 20.2. The maximum atomic E-state index is 13.5. The van der Waals surface area contributed by atoms with Crippen LogP contribution in [-0.4, -0.2) is 76.9 Å². The number of carbonyl (C=O) groups excluding carboxylic acids is 3. The molecule has 41 heavy (non-hydrogen) atoms. The van der Waals surface area contributed by atoms with Crippen LogP contribution in [0.3, 0.4) is 0 Å². The Morgan fingerprint density at radius 1 is 0.902 bits per heavy atom. The van der Waals surface area contributed by atoms with Crippen molar-refractivity contribution in [1.82, 2.24) is 16.0 Å². The van der Waals surface area contributed by atoms with Gasteiger partial charge < -0.3 is 48.5 Å². The first-order valence-corrected chi connectivity index (χ1v) is 14.0. The van der Waals surface area contributed by atoms with Crippen molar-refractivity contribution >= 4 is 17.7 Å². The molecule has 2 aromatic carbocycles. The highest BCUT2D eigenvalue weighted by molar-refractivity contribution is 5.93. The molecule has 0 aromatic heterocycles. The van der Waals surface area contributed by atoms with Crippen molar-refractivity contribution in [3.63, 3.8) is 0 Å². The Bertz CT molecular complexity index is 1210. The summed E-state index contributed by atoms with van der Waals surface area (Å²) >= 11 is 0. The van der Waals surface area contributed by atoms with E-state index >= 15 is 0 Å². The van der Waals surface area contributed by atoms with Gasteiger partial charge in [0.1, 0.15) is 23.6 Å². The van der Waals surface area contributed by atoms with Gasteiger partial charge in [-0.15, -0.1) is 0 Å². The molecule has 0 spiro atoms. The number of aliphatic hydroxyl groups is 1. The van der Waals surface area contributed by atoms with E-state index in [1.807, 2.05) is 0 Å². The highest BCUT2D eigenvalue weighted by atomic mass is 16.3. The topological polar surface area (TPSA) is 226 Å². The smallest absolute Gasteiger partial charge is 0.243 e. The maximum Gasteiger partial charge on any atom is 0.243 e. The van der Waals surface area contributed by atoms with Crippen LogP contribution in [0.2, 0.25) is 0 Å². The van der Waals surface area contributed by atoms with Crippen LogP contribution in [0.5, 0.6) is 11.5 Å². The molecule has 4 atom stereocenters. The summed E-state index contributed by atoms with van der Waals surface area (Å²) in [5, 5.41) is 39.0. The van der Waals surface area contributed by atoms with Crippen LogP contribution in [0.4, 0.5) is 0 Å². The van der Waals surface area contributed by atoms with Gasteiger partial charge in [0.05, 0.1) is 6.04 Å². The monoisotopic (exact) mass is 570 g/mol. The zero-order valence-electron chi connectivity index (χ0n) is 23.1. The largest absolute Gasteiger partial charge is 0.508 e. The second-order valence-electron chi connectivity index (χ2n) is 10.4. The molecule has 0 aliphatic carbocycles. The SMILES string of the molecule is NCCCC(CCO)NC(=O)[C@@H]1Cc2cc(ccc2O)-c2ccc(O)c(c2)C[C@H](N)C(=O)N[C@@H](CCCN)C(=O)N1. The number of fused-ring (bicyclic) bond motifs is 5. The van der Waals surface area contributed by atoms with E-state index in [9.17, 15) is 29.7 Å². The van der Waals surface area contributed by atoms with Gasteiger partial charge in [-0.3, -0.25) is 14.4 Å². The van der Waals surface area contributed by atoms with E-state index in [2.05, 4.69) is 16.0 Å². The Balaban J connectivity index is 2.05. The molecule has 1 unspecified atom stereocenters. The number of hydrogen-bond acceptors (Lipinski definition) is 9. The number of nitrogens with two attached hydrogens (primary N) is 3. The minimum Gasteiger partial charge on any atom is -0.508 e. The Kier molecular flexibility index (Phi) is 11.9. The summed E-state index contributed by atoms with van der Waals surface area (Å²) < 4.78 is 0. The number of phenols is 2. The Morgan fingerprint density at radius 2 is 1.51 bits per heavy atom. The molecule has 4 bridgehead atoms. The number of amides is 3. The average Bonchev–Trinajstić information content (AvgIpc) is 2.95. The summed E-state index contributed by atoms with van der Waals surface area (Å²) in [6.07, 6.45) is 2.08. The molecule has 2 aromatic rings. The fraction of sp³-hybridized carbons (Fsp3) is 0.483. The molecule has 12 nitrogen and oxygen atoms in total. The lowest BCUT2D eigenvalue weighted by atomic mass is 9.95. The molecular formula is C29H42N6O6. The van der Waals surface area contributed by atoms with Crippen LogP contribution in [0.1, 0.15) is 43.2 Å². The van der Waals surface area contributed by atoms with Gasteiger partial charge >= 0.3 is 0 Å². The first-order chi connectivity index (χ1) is 19.7. The number of nitrogens with one attached hydrogen (secondary N) is 3. The van der Waals surface area contributed by atoms with Gasteiger partial charge in [-0.1, -0.05) is 12.1 Å². The van der Waals surface area contributed by atoms with Crippen molar-refractivity contribution in [2.75, 3.05) is 19.7 Å². The van der Waals surface area contributed by atoms with Crippen molar-refractivity contribution in [3.05, 3.63) is 47.5 Å². The van der Waals surface area contributed by atoms with Gasteiger partial charge in [0.15, 0.2) is 0 Å². The summed E-state index contributed by atoms with van der Waals surface area (Å²) in [5.41, 5.74) is 19.7. The van der Waals surface area contributed by atoms with Crippen molar-refractivity contribution in [2.24, 2.45) is 17.2 Å². The third kappa shape index (κ3) is 8.89. The minimum absolute atomic E-state index is 0.0156. The molecule has 224 valence electrons. The van der Waals surface area contributed by atoms with Gasteiger partial charge in [0.25, 0.3) is 0 Å². The lowest BCUT2D eigenvalue weighted by molar-refractivity contribution is -0.132. The summed E-state index contributed by atoms with van der Waals surface area (Å²) in [5.74, 6) is -1.79. The zero-order valence-corrected chi connectivity index (χ0v) is 23.1. The molecule has 12 N–H and O–H groups in total. The molecule has 3 rings (SSSR count). The molecule has 1 heterocycles. The molecule has 0 radical (unpaired) electrons. The Morgan fingerprint density at radius 3 is 2.10 bits per heavy atom. The van der Waals surface area contributed by atoms with Crippen molar-refractivity contribution in [1.29, 1.82) is 0 Å². The molecule has 0 saturated carbocycles. The number of phenolic OH excluding ortho intramolecular Hbond substituents is 2. The van der Waals surface area contributed by atoms with Gasteiger partial charge in [-0.2, -0.15) is 0 Å². The van der Waals surface area contributed by atoms with Crippen molar-refractivity contribution in [2.45, 2.75) is 69.1 Å². The summed E-state index contributed by atoms with van der Waals surface area (Å²) in [6, 6.07) is 6.26. The summed E-state index contributed by atoms with van der Waals surface area (Å²) in [4.78, 5) is 40.0. The van der Waals surface area contributed by atoms with E-state index in [0.717, 1.165) is 0 Å². The zero-order chi connectivity index (χ0) is 29.9. The second kappa shape index (κ2) is 15.3. The first-order valence-electron chi connectivity index (χ1n) is 14.0. The number of benzene rings is 2. The van der Waals surface area contributed by atoms with E-state index < -0.39 is 35.8 Å². The Hall–Kier alpha value is -3.71. The number of carbonyl (C=O) groups is 3. The van der Waals surface area contributed by atoms with Crippen LogP contribution in [0, 0.1) is 0 Å². The Labute approximate surface area is 239 Å². The maximum absolute atomic E-state index is 13.5. The van der Waals surface area contributed by atoms with Crippen LogP contribution in [0.15, 0.2) is 36.4 Å². The number of aromatic hydroxyl groups is 2. The van der Waals surface area contributed by atoms with E-state index in [-0.39, 0.29) is 50.0 Å². The van der Waals surface area contributed by atoms with E-state index in [4.69, 9.17) is 17.2 Å². The highest BCUT2D eigenvalue weighted by Crippen LogP contribution is 2.31. The molecule has 1 aliphatic heterocycles. The molecule has 3 amide bonds. The average molecular weight is 571 g/mol. The van der Waals surface area contributed by atoms with Crippen LogP contribution < -0.4 is 33.2 Å². The molecular weight excluding hydrogens is 528 g/mol. The lowest BCUT2D eigenvalue weighted by Crippen LogP contribution is -2.57. The van der Waals surface area contributed by atoms with Crippen LogP contribution >= 0.6 is 0 Å². The fourth-order valence-electron chi connectivity index (χ4n) is 4.87. The number of hydrogen-bond donors (Lipinski definition) is 9. The van der Waals surface area contributed by atoms with E-state index in [1.54, 1.807) is 24.3 Å². The predicted molar refractivity (Wildman–Crippen MR) is 155 cm³/mol. The summed E-state index contributed by atoms with van der Waals surface area (Å²) in [6.45, 7) is 0.556. The molecule has 1 aliphatic rings. The second-order valence-corrected chi connectivity index (χ2v) is 10.4. The first kappa shape index (κ1) is 31.8. The fourth-order valence-corrected chi connectivity index (χ4v) is 4.87. The van der Waals surface area contributed by atoms with E-state index in [1.165, 1.54) is 12.1 Å². The van der Waals surface area contributed by atoms with Crippen molar-refractivity contribution < 1.29 is 29.7 Å². The summed E-state index contributed by atoms with van der Waals surface area (Å²) in [7, 11) is 0. The molecule has 0 fully saturated rings. The van der Waals surface area contributed by atoms with Crippen LogP contribution in [-0.2, 0) is 27.2 Å². The van der Waals surface area contributed by atoms with E-state index in [0.29, 0.717) is 54.5 Å². The minimum atomic E-state index is -1.12.